The van der Waals surface area contributed by atoms with E-state index in [2.05, 4.69) is 27.5 Å². The highest BCUT2D eigenvalue weighted by atomic mass is 16.1. The molecular formula is C16H23N5O. The van der Waals surface area contributed by atoms with Crippen molar-refractivity contribution in [3.8, 4) is 0 Å². The van der Waals surface area contributed by atoms with Gasteiger partial charge in [0.25, 0.3) is 0 Å². The van der Waals surface area contributed by atoms with Gasteiger partial charge in [0, 0.05) is 24.9 Å². The number of hydrogen-bond acceptors (Lipinski definition) is 5. The predicted octanol–water partition coefficient (Wildman–Crippen LogP) is 2.32. The van der Waals surface area contributed by atoms with Crippen LogP contribution in [0, 0.1) is 0 Å². The van der Waals surface area contributed by atoms with E-state index in [1.54, 1.807) is 0 Å². The van der Waals surface area contributed by atoms with Crippen molar-refractivity contribution in [1.82, 2.24) is 15.3 Å². The van der Waals surface area contributed by atoms with E-state index in [9.17, 15) is 4.79 Å². The van der Waals surface area contributed by atoms with Gasteiger partial charge in [0.2, 0.25) is 11.9 Å². The molecule has 6 nitrogen and oxygen atoms in total. The lowest BCUT2D eigenvalue weighted by Gasteiger charge is -2.20. The van der Waals surface area contributed by atoms with Crippen LogP contribution in [0.4, 0.5) is 11.8 Å². The fraction of sp³-hybridized carbons (Fsp3) is 0.438. The van der Waals surface area contributed by atoms with Gasteiger partial charge >= 0.3 is 0 Å². The van der Waals surface area contributed by atoms with Crippen LogP contribution in [-0.2, 0) is 4.79 Å². The van der Waals surface area contributed by atoms with Crippen LogP contribution in [0.1, 0.15) is 33.1 Å². The van der Waals surface area contributed by atoms with Gasteiger partial charge in [-0.1, -0.05) is 31.9 Å². The number of para-hydroxylation sites is 1. The summed E-state index contributed by atoms with van der Waals surface area (Å²) in [5.74, 6) is 0.930. The molecular weight excluding hydrogens is 278 g/mol. The van der Waals surface area contributed by atoms with Crippen molar-refractivity contribution < 1.29 is 4.79 Å². The van der Waals surface area contributed by atoms with E-state index in [4.69, 9.17) is 5.73 Å². The summed E-state index contributed by atoms with van der Waals surface area (Å²) in [6, 6.07) is 7.85. The number of nitrogens with two attached hydrogens (primary N) is 1. The molecule has 0 saturated carbocycles. The summed E-state index contributed by atoms with van der Waals surface area (Å²) in [4.78, 5) is 19.7. The molecule has 118 valence electrons. The number of aromatic nitrogens is 2. The summed E-state index contributed by atoms with van der Waals surface area (Å²) < 4.78 is 0. The maximum Gasteiger partial charge on any atom is 0.222 e. The molecule has 6 heteroatoms. The zero-order chi connectivity index (χ0) is 15.9. The van der Waals surface area contributed by atoms with E-state index < -0.39 is 0 Å². The zero-order valence-corrected chi connectivity index (χ0v) is 13.1. The Hall–Kier alpha value is -2.37. The Morgan fingerprint density at radius 2 is 2.09 bits per heavy atom. The van der Waals surface area contributed by atoms with Crippen molar-refractivity contribution in [2.24, 2.45) is 0 Å². The van der Waals surface area contributed by atoms with Crippen LogP contribution in [0.15, 0.2) is 24.3 Å². The van der Waals surface area contributed by atoms with Crippen LogP contribution >= 0.6 is 0 Å². The van der Waals surface area contributed by atoms with Crippen molar-refractivity contribution in [3.05, 3.63) is 24.3 Å². The second-order valence-electron chi connectivity index (χ2n) is 5.37. The van der Waals surface area contributed by atoms with E-state index in [0.29, 0.717) is 6.54 Å². The Labute approximate surface area is 130 Å². The SMILES string of the molecule is CCCC[C@H](CNC(C)=O)Nc1nc(N)nc2ccccc12. The average Bonchev–Trinajstić information content (AvgIpc) is 2.49. The molecule has 0 fully saturated rings. The van der Waals surface area contributed by atoms with Crippen molar-refractivity contribution in [1.29, 1.82) is 0 Å². The van der Waals surface area contributed by atoms with Crippen molar-refractivity contribution in [2.45, 2.75) is 39.2 Å². The Kier molecular flexibility index (Phi) is 5.52. The molecule has 0 radical (unpaired) electrons. The summed E-state index contributed by atoms with van der Waals surface area (Å²) in [6.45, 7) is 4.23. The lowest BCUT2D eigenvalue weighted by molar-refractivity contribution is -0.119. The number of hydrogen-bond donors (Lipinski definition) is 3. The molecule has 0 aliphatic rings. The van der Waals surface area contributed by atoms with Crippen LogP contribution in [0.5, 0.6) is 0 Å². The third-order valence-corrected chi connectivity index (χ3v) is 3.46. The molecule has 0 bridgehead atoms. The van der Waals surface area contributed by atoms with Crippen LogP contribution in [0.25, 0.3) is 10.9 Å². The Morgan fingerprint density at radius 1 is 1.32 bits per heavy atom. The molecule has 22 heavy (non-hydrogen) atoms. The summed E-state index contributed by atoms with van der Waals surface area (Å²) in [5, 5.41) is 7.20. The van der Waals surface area contributed by atoms with Gasteiger partial charge in [0.1, 0.15) is 5.82 Å². The van der Waals surface area contributed by atoms with E-state index in [1.165, 1.54) is 6.92 Å². The minimum absolute atomic E-state index is 0.0321. The van der Waals surface area contributed by atoms with Crippen molar-refractivity contribution >= 4 is 28.6 Å². The number of carbonyl (C=O) groups is 1. The van der Waals surface area contributed by atoms with E-state index in [0.717, 1.165) is 36.0 Å². The number of amides is 1. The number of fused-ring (bicyclic) bond motifs is 1. The molecule has 0 unspecified atom stereocenters. The van der Waals surface area contributed by atoms with E-state index in [1.807, 2.05) is 24.3 Å². The number of benzene rings is 1. The largest absolute Gasteiger partial charge is 0.368 e. The van der Waals surface area contributed by atoms with Gasteiger partial charge in [-0.05, 0) is 18.6 Å². The summed E-state index contributed by atoms with van der Waals surface area (Å²) in [6.07, 6.45) is 3.13. The highest BCUT2D eigenvalue weighted by molar-refractivity contribution is 5.90. The molecule has 1 atom stereocenters. The Morgan fingerprint density at radius 3 is 2.82 bits per heavy atom. The molecule has 0 saturated heterocycles. The molecule has 1 amide bonds. The topological polar surface area (TPSA) is 92.9 Å². The average molecular weight is 301 g/mol. The van der Waals surface area contributed by atoms with Crippen LogP contribution in [0.2, 0.25) is 0 Å². The fourth-order valence-electron chi connectivity index (χ4n) is 2.34. The molecule has 0 aliphatic heterocycles. The standard InChI is InChI=1S/C16H23N5O/c1-3-4-7-12(10-18-11(2)22)19-15-13-8-5-6-9-14(13)20-16(17)21-15/h5-6,8-9,12H,3-4,7,10H2,1-2H3,(H,18,22)(H3,17,19,20,21)/t12-/m1/s1. The van der Waals surface area contributed by atoms with Gasteiger partial charge in [0.15, 0.2) is 0 Å². The first-order chi connectivity index (χ1) is 10.6. The fourth-order valence-corrected chi connectivity index (χ4v) is 2.34. The first-order valence-corrected chi connectivity index (χ1v) is 7.63. The number of carbonyl (C=O) groups excluding carboxylic acids is 1. The molecule has 2 aromatic rings. The lowest BCUT2D eigenvalue weighted by Crippen LogP contribution is -2.35. The highest BCUT2D eigenvalue weighted by Gasteiger charge is 2.13. The number of nitrogen functional groups attached to an aromatic ring is 1. The Bertz CT molecular complexity index is 643. The zero-order valence-electron chi connectivity index (χ0n) is 13.1. The minimum atomic E-state index is -0.0321. The number of unbranched alkanes of at least 4 members (excludes halogenated alkanes) is 1. The molecule has 1 aromatic heterocycles. The molecule has 2 rings (SSSR count). The van der Waals surface area contributed by atoms with Gasteiger partial charge in [-0.3, -0.25) is 4.79 Å². The van der Waals surface area contributed by atoms with Gasteiger partial charge in [-0.2, -0.15) is 4.98 Å². The van der Waals surface area contributed by atoms with Gasteiger partial charge in [-0.15, -0.1) is 0 Å². The molecule has 0 aliphatic carbocycles. The monoisotopic (exact) mass is 301 g/mol. The van der Waals surface area contributed by atoms with Crippen LogP contribution < -0.4 is 16.4 Å². The normalized spacial score (nSPS) is 12.1. The second-order valence-corrected chi connectivity index (χ2v) is 5.37. The van der Waals surface area contributed by atoms with Crippen molar-refractivity contribution in [3.63, 3.8) is 0 Å². The van der Waals surface area contributed by atoms with E-state index >= 15 is 0 Å². The molecule has 1 aromatic carbocycles. The number of rotatable bonds is 7. The lowest BCUT2D eigenvalue weighted by atomic mass is 10.1. The summed E-state index contributed by atoms with van der Waals surface area (Å²) in [7, 11) is 0. The number of nitrogens with one attached hydrogen (secondary N) is 2. The molecule has 4 N–H and O–H groups in total. The van der Waals surface area contributed by atoms with Gasteiger partial charge in [-0.25, -0.2) is 4.98 Å². The third-order valence-electron chi connectivity index (χ3n) is 3.46. The molecule has 1 heterocycles. The van der Waals surface area contributed by atoms with Gasteiger partial charge in [0.05, 0.1) is 5.52 Å². The minimum Gasteiger partial charge on any atom is -0.368 e. The van der Waals surface area contributed by atoms with Crippen LogP contribution in [0.3, 0.4) is 0 Å². The third kappa shape index (κ3) is 4.31. The first kappa shape index (κ1) is 16.0. The molecule has 0 spiro atoms. The van der Waals surface area contributed by atoms with E-state index in [-0.39, 0.29) is 17.9 Å². The quantitative estimate of drug-likeness (QED) is 0.730. The second kappa shape index (κ2) is 7.59. The Balaban J connectivity index is 2.22. The smallest absolute Gasteiger partial charge is 0.222 e. The van der Waals surface area contributed by atoms with Gasteiger partial charge < -0.3 is 16.4 Å². The summed E-state index contributed by atoms with van der Waals surface area (Å²) >= 11 is 0. The predicted molar refractivity (Wildman–Crippen MR) is 89.6 cm³/mol. The highest BCUT2D eigenvalue weighted by Crippen LogP contribution is 2.22. The maximum absolute atomic E-state index is 11.2. The maximum atomic E-state index is 11.2. The first-order valence-electron chi connectivity index (χ1n) is 7.63. The van der Waals surface area contributed by atoms with Crippen molar-refractivity contribution in [2.75, 3.05) is 17.6 Å². The number of anilines is 2. The number of nitrogens with zero attached hydrogens (tertiary/aromatic N) is 2. The van der Waals surface area contributed by atoms with Crippen LogP contribution in [-0.4, -0.2) is 28.5 Å². The summed E-state index contributed by atoms with van der Waals surface area (Å²) in [5.41, 5.74) is 6.60.